The van der Waals surface area contributed by atoms with Gasteiger partial charge in [-0.25, -0.2) is 0 Å². The van der Waals surface area contributed by atoms with E-state index in [0.29, 0.717) is 23.2 Å². The van der Waals surface area contributed by atoms with Crippen LogP contribution >= 0.6 is 0 Å². The van der Waals surface area contributed by atoms with Crippen molar-refractivity contribution in [2.75, 3.05) is 19.7 Å². The minimum absolute atomic E-state index is 0.0317. The van der Waals surface area contributed by atoms with Crippen LogP contribution in [0.3, 0.4) is 0 Å². The largest absolute Gasteiger partial charge is 0.462 e. The summed E-state index contributed by atoms with van der Waals surface area (Å²) in [4.78, 5) is 12.4. The zero-order valence-corrected chi connectivity index (χ0v) is 14.8. The summed E-state index contributed by atoms with van der Waals surface area (Å²) in [6.07, 6.45) is 6.04. The van der Waals surface area contributed by atoms with Crippen LogP contribution in [0, 0.1) is 29.1 Å². The predicted octanol–water partition coefficient (Wildman–Crippen LogP) is 2.76. The Bertz CT molecular complexity index is 487. The molecule has 0 aromatic heterocycles. The molecule has 0 aromatic carbocycles. The first-order chi connectivity index (χ1) is 10.9. The van der Waals surface area contributed by atoms with Crippen LogP contribution < -0.4 is 5.32 Å². The highest BCUT2D eigenvalue weighted by molar-refractivity contribution is 5.75. The average molecular weight is 321 g/mol. The minimum atomic E-state index is 0.0317. The molecule has 1 spiro atoms. The normalized spacial score (nSPS) is 48.3. The Kier molecular flexibility index (Phi) is 3.77. The van der Waals surface area contributed by atoms with Crippen molar-refractivity contribution in [2.45, 2.75) is 64.6 Å². The Morgan fingerprint density at radius 1 is 1.35 bits per heavy atom. The molecule has 0 bridgehead atoms. The Morgan fingerprint density at radius 2 is 2.13 bits per heavy atom. The molecular weight excluding hydrogens is 290 g/mol. The molecule has 23 heavy (non-hydrogen) atoms. The van der Waals surface area contributed by atoms with Gasteiger partial charge < -0.3 is 14.8 Å². The number of carbonyl (C=O) groups excluding carboxylic acids is 1. The Labute approximate surface area is 139 Å². The van der Waals surface area contributed by atoms with Crippen LogP contribution in [-0.4, -0.2) is 37.4 Å². The standard InChI is InChI=1S/C19H31NO3/c1-12(2)9-20-10-14-13-7-16-18(3,8-15(13)23-17(14)21)5-4-6-19(16)11-22-19/h12-16,20H,4-11H2,1-3H3/t13-,14+,15+,16-,18+,19-/m1/s1. The summed E-state index contributed by atoms with van der Waals surface area (Å²) >= 11 is 0. The first-order valence-corrected chi connectivity index (χ1v) is 9.49. The van der Waals surface area contributed by atoms with E-state index < -0.39 is 0 Å². The van der Waals surface area contributed by atoms with Crippen LogP contribution in [0.5, 0.6) is 0 Å². The molecule has 4 nitrogen and oxygen atoms in total. The summed E-state index contributed by atoms with van der Waals surface area (Å²) in [6, 6.07) is 0. The van der Waals surface area contributed by atoms with Gasteiger partial charge in [-0.15, -0.1) is 0 Å². The zero-order valence-electron chi connectivity index (χ0n) is 14.8. The smallest absolute Gasteiger partial charge is 0.310 e. The van der Waals surface area contributed by atoms with Crippen LogP contribution in [-0.2, 0) is 14.3 Å². The number of esters is 1. The third kappa shape index (κ3) is 2.62. The first kappa shape index (κ1) is 15.9. The second-order valence-electron chi connectivity index (χ2n) is 9.15. The van der Waals surface area contributed by atoms with Crippen molar-refractivity contribution in [1.82, 2.24) is 5.32 Å². The van der Waals surface area contributed by atoms with Crippen molar-refractivity contribution in [3.8, 4) is 0 Å². The van der Waals surface area contributed by atoms with Gasteiger partial charge in [-0.2, -0.15) is 0 Å². The molecule has 130 valence electrons. The molecule has 0 aromatic rings. The number of ether oxygens (including phenoxy) is 2. The topological polar surface area (TPSA) is 50.9 Å². The maximum atomic E-state index is 12.4. The average Bonchev–Trinajstić information content (AvgIpc) is 3.17. The van der Waals surface area contributed by atoms with E-state index in [-0.39, 0.29) is 23.6 Å². The van der Waals surface area contributed by atoms with E-state index in [1.165, 1.54) is 19.3 Å². The zero-order chi connectivity index (χ0) is 16.2. The molecule has 6 atom stereocenters. The molecule has 4 heteroatoms. The van der Waals surface area contributed by atoms with Crippen molar-refractivity contribution >= 4 is 5.97 Å². The lowest BCUT2D eigenvalue weighted by molar-refractivity contribution is -0.147. The van der Waals surface area contributed by atoms with Crippen LogP contribution in [0.15, 0.2) is 0 Å². The Balaban J connectivity index is 1.49. The molecule has 0 radical (unpaired) electrons. The fraction of sp³-hybridized carbons (Fsp3) is 0.947. The van der Waals surface area contributed by atoms with E-state index in [0.717, 1.165) is 32.5 Å². The SMILES string of the molecule is CC(C)CNC[C@@H]1C(=O)O[C@H]2C[C@]3(C)CCC[C@@]4(CO4)[C@@H]3C[C@@H]21. The molecule has 2 heterocycles. The van der Waals surface area contributed by atoms with Gasteiger partial charge in [-0.3, -0.25) is 4.79 Å². The maximum absolute atomic E-state index is 12.4. The number of hydrogen-bond donors (Lipinski definition) is 1. The molecule has 2 saturated carbocycles. The number of nitrogens with one attached hydrogen (secondary N) is 1. The molecule has 2 aliphatic heterocycles. The molecule has 4 fully saturated rings. The van der Waals surface area contributed by atoms with E-state index in [1.807, 2.05) is 0 Å². The number of rotatable bonds is 4. The van der Waals surface area contributed by atoms with Gasteiger partial charge >= 0.3 is 5.97 Å². The van der Waals surface area contributed by atoms with Crippen molar-refractivity contribution in [2.24, 2.45) is 29.1 Å². The van der Waals surface area contributed by atoms with Crippen molar-refractivity contribution in [3.05, 3.63) is 0 Å². The second-order valence-corrected chi connectivity index (χ2v) is 9.15. The van der Waals surface area contributed by atoms with Gasteiger partial charge in [0, 0.05) is 12.5 Å². The van der Waals surface area contributed by atoms with E-state index in [2.05, 4.69) is 26.1 Å². The number of hydrogen-bond acceptors (Lipinski definition) is 4. The first-order valence-electron chi connectivity index (χ1n) is 9.49. The van der Waals surface area contributed by atoms with Crippen molar-refractivity contribution in [3.63, 3.8) is 0 Å². The summed E-state index contributed by atoms with van der Waals surface area (Å²) in [5.41, 5.74) is 0.454. The Morgan fingerprint density at radius 3 is 2.83 bits per heavy atom. The van der Waals surface area contributed by atoms with Gasteiger partial charge in [0.25, 0.3) is 0 Å². The van der Waals surface area contributed by atoms with Gasteiger partial charge in [0.05, 0.1) is 18.1 Å². The monoisotopic (exact) mass is 321 g/mol. The van der Waals surface area contributed by atoms with Crippen LogP contribution in [0.4, 0.5) is 0 Å². The van der Waals surface area contributed by atoms with E-state index >= 15 is 0 Å². The molecular formula is C19H31NO3. The fourth-order valence-electron chi connectivity index (χ4n) is 5.72. The van der Waals surface area contributed by atoms with E-state index in [4.69, 9.17) is 9.47 Å². The quantitative estimate of drug-likeness (QED) is 0.639. The molecule has 1 N–H and O–H groups in total. The van der Waals surface area contributed by atoms with Crippen LogP contribution in [0.25, 0.3) is 0 Å². The highest BCUT2D eigenvalue weighted by Crippen LogP contribution is 2.62. The van der Waals surface area contributed by atoms with Gasteiger partial charge in [-0.05, 0) is 55.9 Å². The number of fused-ring (bicyclic) bond motifs is 3. The predicted molar refractivity (Wildman–Crippen MR) is 87.9 cm³/mol. The molecule has 2 saturated heterocycles. The van der Waals surface area contributed by atoms with Crippen molar-refractivity contribution < 1.29 is 14.3 Å². The molecule has 2 aliphatic carbocycles. The summed E-state index contributed by atoms with van der Waals surface area (Å²) in [5, 5.41) is 3.48. The summed E-state index contributed by atoms with van der Waals surface area (Å²) in [5.74, 6) is 1.69. The number of carbonyl (C=O) groups is 1. The highest BCUT2D eigenvalue weighted by atomic mass is 16.6. The molecule has 0 unspecified atom stereocenters. The van der Waals surface area contributed by atoms with Gasteiger partial charge in [0.1, 0.15) is 6.10 Å². The number of epoxide rings is 1. The van der Waals surface area contributed by atoms with Gasteiger partial charge in [0.2, 0.25) is 0 Å². The van der Waals surface area contributed by atoms with Gasteiger partial charge in [-0.1, -0.05) is 20.8 Å². The van der Waals surface area contributed by atoms with E-state index in [1.54, 1.807) is 0 Å². The maximum Gasteiger partial charge on any atom is 0.310 e. The lowest BCUT2D eigenvalue weighted by Crippen LogP contribution is -2.51. The highest BCUT2D eigenvalue weighted by Gasteiger charge is 2.64. The summed E-state index contributed by atoms with van der Waals surface area (Å²) < 4.78 is 11.8. The fourth-order valence-corrected chi connectivity index (χ4v) is 5.72. The van der Waals surface area contributed by atoms with E-state index in [9.17, 15) is 4.79 Å². The molecule has 0 amide bonds. The van der Waals surface area contributed by atoms with Gasteiger partial charge in [0.15, 0.2) is 0 Å². The lowest BCUT2D eigenvalue weighted by Gasteiger charge is -2.51. The second kappa shape index (κ2) is 5.45. The van der Waals surface area contributed by atoms with Crippen molar-refractivity contribution in [1.29, 1.82) is 0 Å². The molecule has 4 aliphatic rings. The Hall–Kier alpha value is -0.610. The minimum Gasteiger partial charge on any atom is -0.462 e. The molecule has 4 rings (SSSR count). The summed E-state index contributed by atoms with van der Waals surface area (Å²) in [6.45, 7) is 9.49. The van der Waals surface area contributed by atoms with Crippen LogP contribution in [0.2, 0.25) is 0 Å². The lowest BCUT2D eigenvalue weighted by atomic mass is 9.53. The third-order valence-corrected chi connectivity index (χ3v) is 7.00. The summed E-state index contributed by atoms with van der Waals surface area (Å²) in [7, 11) is 0. The van der Waals surface area contributed by atoms with Crippen LogP contribution in [0.1, 0.15) is 52.9 Å². The third-order valence-electron chi connectivity index (χ3n) is 7.00.